The summed E-state index contributed by atoms with van der Waals surface area (Å²) in [4.78, 5) is 0. The fourth-order valence-corrected chi connectivity index (χ4v) is 2.18. The molecule has 98 valence electrons. The molecule has 2 atom stereocenters. The Morgan fingerprint density at radius 3 is 2.67 bits per heavy atom. The molecule has 1 aliphatic rings. The van der Waals surface area contributed by atoms with E-state index in [0.29, 0.717) is 18.6 Å². The zero-order chi connectivity index (χ0) is 12.8. The summed E-state index contributed by atoms with van der Waals surface area (Å²) in [7, 11) is 0. The second-order valence-electron chi connectivity index (χ2n) is 4.63. The molecule has 0 fully saturated rings. The Morgan fingerprint density at radius 2 is 2.06 bits per heavy atom. The number of benzene rings is 1. The lowest BCUT2D eigenvalue weighted by Gasteiger charge is -2.13. The lowest BCUT2D eigenvalue weighted by molar-refractivity contribution is 0.246. The van der Waals surface area contributed by atoms with Gasteiger partial charge in [-0.2, -0.15) is 0 Å². The molecule has 2 rings (SSSR count). The van der Waals surface area contributed by atoms with Crippen LogP contribution in [-0.4, -0.2) is 24.4 Å². The van der Waals surface area contributed by atoms with E-state index in [2.05, 4.69) is 29.6 Å². The lowest BCUT2D eigenvalue weighted by Crippen LogP contribution is -2.26. The third-order valence-corrected chi connectivity index (χ3v) is 3.21. The molecular formula is C15H21NO2. The van der Waals surface area contributed by atoms with E-state index < -0.39 is 0 Å². The fourth-order valence-electron chi connectivity index (χ4n) is 2.18. The Hall–Kier alpha value is -1.32. The molecule has 1 aromatic carbocycles. The normalized spacial score (nSPS) is 22.3. The van der Waals surface area contributed by atoms with Gasteiger partial charge in [-0.05, 0) is 31.0 Å². The highest BCUT2D eigenvalue weighted by Gasteiger charge is 2.17. The molecule has 0 amide bonds. The van der Waals surface area contributed by atoms with Gasteiger partial charge in [0.1, 0.15) is 5.75 Å². The number of nitrogens with one attached hydrogen (secondary N) is 1. The first-order valence-electron chi connectivity index (χ1n) is 6.56. The maximum Gasteiger partial charge on any atom is 0.119 e. The fraction of sp³-hybridized carbons (Fsp3) is 0.467. The van der Waals surface area contributed by atoms with Crippen LogP contribution in [0.3, 0.4) is 0 Å². The second kappa shape index (κ2) is 6.57. The summed E-state index contributed by atoms with van der Waals surface area (Å²) >= 11 is 0. The van der Waals surface area contributed by atoms with Crippen LogP contribution in [0.2, 0.25) is 0 Å². The van der Waals surface area contributed by atoms with Crippen molar-refractivity contribution in [3.8, 4) is 5.75 Å². The van der Waals surface area contributed by atoms with E-state index >= 15 is 0 Å². The van der Waals surface area contributed by atoms with Gasteiger partial charge in [0.25, 0.3) is 0 Å². The maximum atomic E-state index is 9.06. The first-order chi connectivity index (χ1) is 8.81. The van der Waals surface area contributed by atoms with E-state index in [1.54, 1.807) is 0 Å². The Labute approximate surface area is 108 Å². The van der Waals surface area contributed by atoms with E-state index in [9.17, 15) is 0 Å². The molecule has 1 aliphatic carbocycles. The third-order valence-electron chi connectivity index (χ3n) is 3.21. The highest BCUT2D eigenvalue weighted by molar-refractivity contribution is 5.27. The van der Waals surface area contributed by atoms with Crippen molar-refractivity contribution in [3.05, 3.63) is 42.0 Å². The van der Waals surface area contributed by atoms with Gasteiger partial charge < -0.3 is 15.2 Å². The van der Waals surface area contributed by atoms with Crippen molar-refractivity contribution in [1.82, 2.24) is 5.32 Å². The SMILES string of the molecule is CCOc1ccc(CN[C@@H]2C=C[C@H](CO)C2)cc1. The molecule has 0 radical (unpaired) electrons. The van der Waals surface area contributed by atoms with Crippen molar-refractivity contribution < 1.29 is 9.84 Å². The number of ether oxygens (including phenoxy) is 1. The standard InChI is InChI=1S/C15H21NO2/c1-2-18-15-7-4-12(5-8-15)10-16-14-6-3-13(9-14)11-17/h3-8,13-14,16-17H,2,9-11H2,1H3/t13-,14+/m0/s1. The van der Waals surface area contributed by atoms with Crippen LogP contribution < -0.4 is 10.1 Å². The van der Waals surface area contributed by atoms with Gasteiger partial charge in [0, 0.05) is 25.1 Å². The molecule has 2 N–H and O–H groups in total. The number of aliphatic hydroxyl groups is 1. The highest BCUT2D eigenvalue weighted by atomic mass is 16.5. The Morgan fingerprint density at radius 1 is 1.28 bits per heavy atom. The lowest BCUT2D eigenvalue weighted by atomic mass is 10.1. The smallest absolute Gasteiger partial charge is 0.119 e. The van der Waals surface area contributed by atoms with Crippen LogP contribution >= 0.6 is 0 Å². The van der Waals surface area contributed by atoms with E-state index in [0.717, 1.165) is 18.7 Å². The van der Waals surface area contributed by atoms with Crippen molar-refractivity contribution in [2.45, 2.75) is 25.9 Å². The molecular weight excluding hydrogens is 226 g/mol. The zero-order valence-electron chi connectivity index (χ0n) is 10.8. The maximum absolute atomic E-state index is 9.06. The molecule has 3 nitrogen and oxygen atoms in total. The van der Waals surface area contributed by atoms with Crippen LogP contribution in [0.5, 0.6) is 5.75 Å². The number of hydrogen-bond donors (Lipinski definition) is 2. The van der Waals surface area contributed by atoms with Crippen LogP contribution in [0.1, 0.15) is 18.9 Å². The van der Waals surface area contributed by atoms with Gasteiger partial charge in [0.15, 0.2) is 0 Å². The minimum absolute atomic E-state index is 0.248. The molecule has 1 aromatic rings. The minimum atomic E-state index is 0.248. The van der Waals surface area contributed by atoms with Gasteiger partial charge in [-0.1, -0.05) is 24.3 Å². The van der Waals surface area contributed by atoms with E-state index in [-0.39, 0.29) is 6.61 Å². The number of aliphatic hydroxyl groups excluding tert-OH is 1. The first-order valence-corrected chi connectivity index (χ1v) is 6.56. The molecule has 0 saturated heterocycles. The third kappa shape index (κ3) is 3.59. The topological polar surface area (TPSA) is 41.5 Å². The summed E-state index contributed by atoms with van der Waals surface area (Å²) in [6.45, 7) is 3.78. The van der Waals surface area contributed by atoms with E-state index in [1.807, 2.05) is 19.1 Å². The quantitative estimate of drug-likeness (QED) is 0.757. The highest BCUT2D eigenvalue weighted by Crippen LogP contribution is 2.18. The van der Waals surface area contributed by atoms with Crippen molar-refractivity contribution in [1.29, 1.82) is 0 Å². The molecule has 18 heavy (non-hydrogen) atoms. The van der Waals surface area contributed by atoms with Crippen LogP contribution in [0, 0.1) is 5.92 Å². The summed E-state index contributed by atoms with van der Waals surface area (Å²) in [5, 5.41) is 12.5. The molecule has 0 heterocycles. The van der Waals surface area contributed by atoms with Crippen LogP contribution in [0.15, 0.2) is 36.4 Å². The summed E-state index contributed by atoms with van der Waals surface area (Å²) < 4.78 is 5.41. The van der Waals surface area contributed by atoms with Gasteiger partial charge in [-0.15, -0.1) is 0 Å². The average Bonchev–Trinajstić information content (AvgIpc) is 2.86. The van der Waals surface area contributed by atoms with Gasteiger partial charge in [-0.3, -0.25) is 0 Å². The molecule has 0 spiro atoms. The van der Waals surface area contributed by atoms with Crippen molar-refractivity contribution in [2.75, 3.05) is 13.2 Å². The minimum Gasteiger partial charge on any atom is -0.494 e. The summed E-state index contributed by atoms with van der Waals surface area (Å²) in [5.74, 6) is 1.24. The number of hydrogen-bond acceptors (Lipinski definition) is 3. The predicted molar refractivity (Wildman–Crippen MR) is 72.6 cm³/mol. The average molecular weight is 247 g/mol. The van der Waals surface area contributed by atoms with Gasteiger partial charge in [0.05, 0.1) is 6.61 Å². The molecule has 3 heteroatoms. The van der Waals surface area contributed by atoms with Crippen molar-refractivity contribution >= 4 is 0 Å². The van der Waals surface area contributed by atoms with Crippen molar-refractivity contribution in [2.24, 2.45) is 5.92 Å². The van der Waals surface area contributed by atoms with E-state index in [4.69, 9.17) is 9.84 Å². The van der Waals surface area contributed by atoms with Gasteiger partial charge in [-0.25, -0.2) is 0 Å². The molecule has 0 aromatic heterocycles. The second-order valence-corrected chi connectivity index (χ2v) is 4.63. The van der Waals surface area contributed by atoms with Crippen LogP contribution in [0.25, 0.3) is 0 Å². The Bertz CT molecular complexity index is 386. The Kier molecular flexibility index (Phi) is 4.79. The predicted octanol–water partition coefficient (Wildman–Crippen LogP) is 2.11. The molecule has 0 saturated carbocycles. The van der Waals surface area contributed by atoms with E-state index in [1.165, 1.54) is 5.56 Å². The molecule has 0 aliphatic heterocycles. The van der Waals surface area contributed by atoms with Gasteiger partial charge >= 0.3 is 0 Å². The van der Waals surface area contributed by atoms with Crippen LogP contribution in [-0.2, 0) is 6.54 Å². The van der Waals surface area contributed by atoms with Crippen LogP contribution in [0.4, 0.5) is 0 Å². The molecule has 0 unspecified atom stereocenters. The van der Waals surface area contributed by atoms with Crippen molar-refractivity contribution in [3.63, 3.8) is 0 Å². The zero-order valence-corrected chi connectivity index (χ0v) is 10.8. The monoisotopic (exact) mass is 247 g/mol. The number of rotatable bonds is 6. The summed E-state index contributed by atoms with van der Waals surface area (Å²) in [6.07, 6.45) is 5.23. The molecule has 0 bridgehead atoms. The summed E-state index contributed by atoms with van der Waals surface area (Å²) in [6, 6.07) is 8.55. The van der Waals surface area contributed by atoms with Gasteiger partial charge in [0.2, 0.25) is 0 Å². The first kappa shape index (κ1) is 13.1. The Balaban J connectivity index is 1.78. The summed E-state index contributed by atoms with van der Waals surface area (Å²) in [5.41, 5.74) is 1.25. The largest absolute Gasteiger partial charge is 0.494 e.